The van der Waals surface area contributed by atoms with Gasteiger partial charge in [0.2, 0.25) is 0 Å². The number of fused-ring (bicyclic) bond motifs is 5. The van der Waals surface area contributed by atoms with E-state index in [1.54, 1.807) is 0 Å². The van der Waals surface area contributed by atoms with Crippen molar-refractivity contribution < 1.29 is 14.6 Å². The lowest BCUT2D eigenvalue weighted by atomic mass is 9.87. The molecule has 2 aromatic carbocycles. The molecule has 1 aromatic heterocycles. The number of carboxylic acids is 1. The molecule has 0 saturated heterocycles. The highest BCUT2D eigenvalue weighted by Crippen LogP contribution is 2.45. The minimum atomic E-state index is -1.20. The topological polar surface area (TPSA) is 68.5 Å². The van der Waals surface area contributed by atoms with Gasteiger partial charge in [0, 0.05) is 46.9 Å². The summed E-state index contributed by atoms with van der Waals surface area (Å²) in [5.74, 6) is -0.313. The van der Waals surface area contributed by atoms with Crippen LogP contribution >= 0.6 is 11.6 Å². The van der Waals surface area contributed by atoms with E-state index < -0.39 is 11.4 Å². The summed E-state index contributed by atoms with van der Waals surface area (Å²) in [4.78, 5) is 23.7. The van der Waals surface area contributed by atoms with E-state index >= 15 is 0 Å². The first-order valence-corrected chi connectivity index (χ1v) is 9.46. The van der Waals surface area contributed by atoms with Crippen LogP contribution in [0, 0.1) is 0 Å². The zero-order valence-electron chi connectivity index (χ0n) is 14.9. The SMILES string of the molecule is O=C(O)c1cn2c(cc1=O)-c1cc(-c3cccc(Cl)c3)c3c(c1CC2)CCO3. The van der Waals surface area contributed by atoms with E-state index in [0.717, 1.165) is 41.0 Å². The third kappa shape index (κ3) is 2.54. The van der Waals surface area contributed by atoms with Crippen LogP contribution in [0.2, 0.25) is 5.02 Å². The molecule has 5 rings (SSSR count). The Labute approximate surface area is 165 Å². The minimum Gasteiger partial charge on any atom is -0.492 e. The first-order chi connectivity index (χ1) is 13.5. The molecule has 0 aliphatic carbocycles. The van der Waals surface area contributed by atoms with Crippen LogP contribution in [0.5, 0.6) is 5.75 Å². The Morgan fingerprint density at radius 1 is 1.11 bits per heavy atom. The first kappa shape index (κ1) is 17.1. The van der Waals surface area contributed by atoms with Crippen molar-refractivity contribution in [3.63, 3.8) is 0 Å². The Hall–Kier alpha value is -3.05. The summed E-state index contributed by atoms with van der Waals surface area (Å²) >= 11 is 6.20. The quantitative estimate of drug-likeness (QED) is 0.713. The molecule has 3 aromatic rings. The molecule has 0 saturated carbocycles. The Morgan fingerprint density at radius 2 is 1.96 bits per heavy atom. The van der Waals surface area contributed by atoms with E-state index in [2.05, 4.69) is 0 Å². The van der Waals surface area contributed by atoms with Gasteiger partial charge in [-0.15, -0.1) is 0 Å². The van der Waals surface area contributed by atoms with Crippen molar-refractivity contribution >= 4 is 17.6 Å². The fraction of sp³-hybridized carbons (Fsp3) is 0.182. The van der Waals surface area contributed by atoms with Crippen LogP contribution in [0.1, 0.15) is 21.5 Å². The lowest BCUT2D eigenvalue weighted by molar-refractivity contribution is 0.0694. The Bertz CT molecular complexity index is 1210. The van der Waals surface area contributed by atoms with Crippen LogP contribution in [0.3, 0.4) is 0 Å². The van der Waals surface area contributed by atoms with Gasteiger partial charge in [-0.05, 0) is 35.7 Å². The van der Waals surface area contributed by atoms with Gasteiger partial charge in [-0.1, -0.05) is 23.7 Å². The summed E-state index contributed by atoms with van der Waals surface area (Å²) in [5.41, 5.74) is 5.27. The molecule has 5 nitrogen and oxygen atoms in total. The maximum Gasteiger partial charge on any atom is 0.341 e. The average Bonchev–Trinajstić information content (AvgIpc) is 3.16. The summed E-state index contributed by atoms with van der Waals surface area (Å²) < 4.78 is 7.82. The van der Waals surface area contributed by atoms with Crippen LogP contribution in [-0.2, 0) is 19.4 Å². The number of aromatic carboxylic acids is 1. The molecular weight excluding hydrogens is 378 g/mol. The predicted molar refractivity (Wildman–Crippen MR) is 106 cm³/mol. The number of hydrogen-bond acceptors (Lipinski definition) is 3. The van der Waals surface area contributed by atoms with E-state index in [1.807, 2.05) is 34.9 Å². The van der Waals surface area contributed by atoms with Crippen LogP contribution in [0.25, 0.3) is 22.4 Å². The third-order valence-electron chi connectivity index (χ3n) is 5.47. The molecule has 1 N–H and O–H groups in total. The fourth-order valence-electron chi connectivity index (χ4n) is 4.21. The second-order valence-corrected chi connectivity index (χ2v) is 7.49. The lowest BCUT2D eigenvalue weighted by Gasteiger charge is -2.25. The highest BCUT2D eigenvalue weighted by atomic mass is 35.5. The number of aromatic nitrogens is 1. The lowest BCUT2D eigenvalue weighted by Crippen LogP contribution is -2.22. The van der Waals surface area contributed by atoms with Crippen LogP contribution < -0.4 is 10.2 Å². The van der Waals surface area contributed by atoms with Crippen molar-refractivity contribution in [2.75, 3.05) is 6.61 Å². The zero-order chi connectivity index (χ0) is 19.4. The molecular formula is C22H16ClNO4. The minimum absolute atomic E-state index is 0.202. The molecule has 0 spiro atoms. The Morgan fingerprint density at radius 3 is 2.75 bits per heavy atom. The number of carbonyl (C=O) groups is 1. The highest BCUT2D eigenvalue weighted by molar-refractivity contribution is 6.30. The number of hydrogen-bond donors (Lipinski definition) is 1. The van der Waals surface area contributed by atoms with Crippen molar-refractivity contribution in [2.24, 2.45) is 0 Å². The van der Waals surface area contributed by atoms with Gasteiger partial charge in [-0.25, -0.2) is 4.79 Å². The van der Waals surface area contributed by atoms with Crippen molar-refractivity contribution in [3.8, 4) is 28.1 Å². The van der Waals surface area contributed by atoms with Gasteiger partial charge in [0.1, 0.15) is 11.3 Å². The molecule has 3 heterocycles. The Balaban J connectivity index is 1.79. The monoisotopic (exact) mass is 393 g/mol. The van der Waals surface area contributed by atoms with E-state index in [1.165, 1.54) is 23.4 Å². The molecule has 0 amide bonds. The third-order valence-corrected chi connectivity index (χ3v) is 5.70. The van der Waals surface area contributed by atoms with Gasteiger partial charge in [0.25, 0.3) is 0 Å². The number of rotatable bonds is 2. The smallest absolute Gasteiger partial charge is 0.341 e. The summed E-state index contributed by atoms with van der Waals surface area (Å²) in [7, 11) is 0. The summed E-state index contributed by atoms with van der Waals surface area (Å²) in [6, 6.07) is 11.1. The van der Waals surface area contributed by atoms with Gasteiger partial charge < -0.3 is 14.4 Å². The van der Waals surface area contributed by atoms with Crippen molar-refractivity contribution in [1.29, 1.82) is 0 Å². The largest absolute Gasteiger partial charge is 0.492 e. The molecule has 2 aliphatic rings. The van der Waals surface area contributed by atoms with Gasteiger partial charge in [-0.3, -0.25) is 4.79 Å². The summed E-state index contributed by atoms with van der Waals surface area (Å²) in [6.07, 6.45) is 3.04. The van der Waals surface area contributed by atoms with Gasteiger partial charge >= 0.3 is 5.97 Å². The van der Waals surface area contributed by atoms with Crippen LogP contribution in [0.4, 0.5) is 0 Å². The van der Waals surface area contributed by atoms with Crippen LogP contribution in [0.15, 0.2) is 47.4 Å². The number of carboxylic acid groups (broad SMARTS) is 1. The maximum absolute atomic E-state index is 12.3. The molecule has 140 valence electrons. The number of benzene rings is 2. The standard InChI is InChI=1S/C22H16ClNO4/c23-13-3-1-2-12(8-13)16-9-17-14(15-5-7-28-21(15)16)4-6-24-11-18(22(26)27)20(25)10-19(17)24/h1-3,8-11H,4-7H2,(H,26,27). The van der Waals surface area contributed by atoms with Gasteiger partial charge in [0.05, 0.1) is 12.3 Å². The molecule has 0 bridgehead atoms. The Kier molecular flexibility index (Phi) is 3.81. The van der Waals surface area contributed by atoms with Crippen molar-refractivity contribution in [3.05, 3.63) is 74.5 Å². The average molecular weight is 394 g/mol. The molecule has 0 fully saturated rings. The van der Waals surface area contributed by atoms with Crippen LogP contribution in [-0.4, -0.2) is 22.2 Å². The molecule has 0 unspecified atom stereocenters. The molecule has 28 heavy (non-hydrogen) atoms. The number of nitrogens with zero attached hydrogens (tertiary/aromatic N) is 1. The van der Waals surface area contributed by atoms with Gasteiger partial charge in [0.15, 0.2) is 5.43 Å². The number of halogens is 1. The second-order valence-electron chi connectivity index (χ2n) is 7.05. The van der Waals surface area contributed by atoms with E-state index in [0.29, 0.717) is 18.2 Å². The first-order valence-electron chi connectivity index (χ1n) is 9.08. The zero-order valence-corrected chi connectivity index (χ0v) is 15.6. The molecule has 0 radical (unpaired) electrons. The highest BCUT2D eigenvalue weighted by Gasteiger charge is 2.28. The normalized spacial score (nSPS) is 14.0. The number of pyridine rings is 1. The fourth-order valence-corrected chi connectivity index (χ4v) is 4.40. The summed E-state index contributed by atoms with van der Waals surface area (Å²) in [6.45, 7) is 1.26. The van der Waals surface area contributed by atoms with E-state index in [-0.39, 0.29) is 5.56 Å². The second kappa shape index (κ2) is 6.24. The number of aryl methyl sites for hydroxylation is 1. The molecule has 0 atom stereocenters. The van der Waals surface area contributed by atoms with Crippen molar-refractivity contribution in [1.82, 2.24) is 4.57 Å². The van der Waals surface area contributed by atoms with E-state index in [4.69, 9.17) is 16.3 Å². The summed E-state index contributed by atoms with van der Waals surface area (Å²) in [5, 5.41) is 9.91. The van der Waals surface area contributed by atoms with Gasteiger partial charge in [-0.2, -0.15) is 0 Å². The van der Waals surface area contributed by atoms with Crippen molar-refractivity contribution in [2.45, 2.75) is 19.4 Å². The van der Waals surface area contributed by atoms with E-state index in [9.17, 15) is 14.7 Å². The predicted octanol–water partition coefficient (Wildman–Crippen LogP) is 4.02. The molecule has 2 aliphatic heterocycles. The number of ether oxygens (including phenoxy) is 1. The molecule has 6 heteroatoms. The maximum atomic E-state index is 12.3.